The van der Waals surface area contributed by atoms with Gasteiger partial charge in [-0.1, -0.05) is 6.07 Å². The first-order valence-corrected chi connectivity index (χ1v) is 10.6. The van der Waals surface area contributed by atoms with E-state index in [1.807, 2.05) is 52.8 Å². The van der Waals surface area contributed by atoms with Crippen LogP contribution in [0.1, 0.15) is 56.1 Å². The smallest absolute Gasteiger partial charge is 0.271 e. The zero-order chi connectivity index (χ0) is 23.8. The molecule has 0 fully saturated rings. The number of carbonyl (C=O) groups is 3. The van der Waals surface area contributed by atoms with E-state index in [1.54, 1.807) is 32.0 Å². The van der Waals surface area contributed by atoms with Crippen LogP contribution in [-0.4, -0.2) is 35.4 Å². The number of amides is 3. The van der Waals surface area contributed by atoms with Gasteiger partial charge in [0, 0.05) is 16.8 Å². The van der Waals surface area contributed by atoms with Crippen LogP contribution >= 0.6 is 0 Å². The van der Waals surface area contributed by atoms with Gasteiger partial charge in [0.1, 0.15) is 12.3 Å². The fourth-order valence-electron chi connectivity index (χ4n) is 3.67. The first-order chi connectivity index (χ1) is 14.7. The summed E-state index contributed by atoms with van der Waals surface area (Å²) in [7, 11) is 0. The highest BCUT2D eigenvalue weighted by atomic mass is 16.5. The molecule has 3 amide bonds. The molecular weight excluding hydrogens is 406 g/mol. The maximum Gasteiger partial charge on any atom is 0.271 e. The van der Waals surface area contributed by atoms with Gasteiger partial charge in [0.25, 0.3) is 11.8 Å². The molecule has 0 aliphatic carbocycles. The summed E-state index contributed by atoms with van der Waals surface area (Å²) in [5.74, 6) is -0.510. The van der Waals surface area contributed by atoms with Crippen molar-refractivity contribution in [1.82, 2.24) is 5.32 Å². The molecule has 0 unspecified atom stereocenters. The predicted molar refractivity (Wildman–Crippen MR) is 125 cm³/mol. The molecule has 0 atom stereocenters. The zero-order valence-electron chi connectivity index (χ0n) is 19.8. The number of fused-ring (bicyclic) bond motifs is 1. The number of hydrogen-bond donors (Lipinski definition) is 2. The SMILES string of the molecule is Cc1cc(C)cc(NC(=O)CN2C(=O)C(C)(C)Oc3ccc(C(=O)NC(C)(C)C)cc32)c1. The molecule has 2 aromatic carbocycles. The van der Waals surface area contributed by atoms with Crippen molar-refractivity contribution >= 4 is 29.1 Å². The second kappa shape index (κ2) is 8.30. The van der Waals surface area contributed by atoms with Crippen molar-refractivity contribution in [3.63, 3.8) is 0 Å². The normalized spacial score (nSPS) is 15.0. The topological polar surface area (TPSA) is 87.7 Å². The van der Waals surface area contributed by atoms with Crippen molar-refractivity contribution in [1.29, 1.82) is 0 Å². The van der Waals surface area contributed by atoms with Gasteiger partial charge in [-0.2, -0.15) is 0 Å². The van der Waals surface area contributed by atoms with Crippen LogP contribution < -0.4 is 20.3 Å². The van der Waals surface area contributed by atoms with Crippen LogP contribution in [0, 0.1) is 13.8 Å². The summed E-state index contributed by atoms with van der Waals surface area (Å²) >= 11 is 0. The van der Waals surface area contributed by atoms with E-state index in [4.69, 9.17) is 4.74 Å². The largest absolute Gasteiger partial charge is 0.476 e. The van der Waals surface area contributed by atoms with E-state index < -0.39 is 11.1 Å². The third-order valence-electron chi connectivity index (χ3n) is 4.93. The second-order valence-corrected chi connectivity index (χ2v) is 9.81. The van der Waals surface area contributed by atoms with E-state index in [0.717, 1.165) is 11.1 Å². The van der Waals surface area contributed by atoms with Crippen LogP contribution in [-0.2, 0) is 9.59 Å². The van der Waals surface area contributed by atoms with Crippen LogP contribution in [0.5, 0.6) is 5.75 Å². The highest BCUT2D eigenvalue weighted by Crippen LogP contribution is 2.38. The Morgan fingerprint density at radius 2 is 1.66 bits per heavy atom. The number of ether oxygens (including phenoxy) is 1. The number of nitrogens with zero attached hydrogens (tertiary/aromatic N) is 1. The summed E-state index contributed by atoms with van der Waals surface area (Å²) in [6.45, 7) is 12.7. The Morgan fingerprint density at radius 3 is 2.25 bits per heavy atom. The monoisotopic (exact) mass is 437 g/mol. The lowest BCUT2D eigenvalue weighted by Crippen LogP contribution is -2.54. The minimum Gasteiger partial charge on any atom is -0.476 e. The number of rotatable bonds is 4. The molecule has 3 rings (SSSR count). The number of carbonyl (C=O) groups excluding carboxylic acids is 3. The van der Waals surface area contributed by atoms with E-state index in [1.165, 1.54) is 4.90 Å². The Bertz CT molecular complexity index is 1060. The highest BCUT2D eigenvalue weighted by molar-refractivity contribution is 6.08. The van der Waals surface area contributed by atoms with Gasteiger partial charge >= 0.3 is 0 Å². The molecule has 0 bridgehead atoms. The van der Waals surface area contributed by atoms with Crippen LogP contribution in [0.3, 0.4) is 0 Å². The summed E-state index contributed by atoms with van der Waals surface area (Å²) in [6, 6.07) is 10.7. The molecule has 2 N–H and O–H groups in total. The van der Waals surface area contributed by atoms with E-state index in [2.05, 4.69) is 10.6 Å². The van der Waals surface area contributed by atoms with Gasteiger partial charge in [0.2, 0.25) is 5.91 Å². The minimum atomic E-state index is -1.14. The average molecular weight is 438 g/mol. The van der Waals surface area contributed by atoms with Gasteiger partial charge in [-0.15, -0.1) is 0 Å². The molecule has 0 saturated heterocycles. The third kappa shape index (κ3) is 5.28. The molecule has 1 heterocycles. The van der Waals surface area contributed by atoms with Crippen molar-refractivity contribution in [2.24, 2.45) is 0 Å². The molecule has 170 valence electrons. The molecule has 1 aliphatic rings. The quantitative estimate of drug-likeness (QED) is 0.758. The molecule has 0 aromatic heterocycles. The number of nitrogens with one attached hydrogen (secondary N) is 2. The molecule has 0 saturated carbocycles. The molecule has 2 aromatic rings. The highest BCUT2D eigenvalue weighted by Gasteiger charge is 2.42. The average Bonchev–Trinajstić information content (AvgIpc) is 2.62. The van der Waals surface area contributed by atoms with Gasteiger partial charge in [-0.25, -0.2) is 0 Å². The Morgan fingerprint density at radius 1 is 1.03 bits per heavy atom. The van der Waals surface area contributed by atoms with Crippen LogP contribution in [0.15, 0.2) is 36.4 Å². The van der Waals surface area contributed by atoms with E-state index in [-0.39, 0.29) is 24.3 Å². The van der Waals surface area contributed by atoms with Crippen LogP contribution in [0.25, 0.3) is 0 Å². The number of anilines is 2. The Hall–Kier alpha value is -3.35. The molecule has 7 heteroatoms. The second-order valence-electron chi connectivity index (χ2n) is 9.81. The maximum atomic E-state index is 13.1. The number of aryl methyl sites for hydroxylation is 2. The minimum absolute atomic E-state index is 0.198. The Balaban J connectivity index is 1.91. The number of hydrogen-bond acceptors (Lipinski definition) is 4. The van der Waals surface area contributed by atoms with Gasteiger partial charge < -0.3 is 15.4 Å². The molecule has 0 spiro atoms. The third-order valence-corrected chi connectivity index (χ3v) is 4.93. The predicted octanol–water partition coefficient (Wildman–Crippen LogP) is 3.97. The molecule has 32 heavy (non-hydrogen) atoms. The van der Waals surface area contributed by atoms with Crippen molar-refractivity contribution in [3.05, 3.63) is 53.1 Å². The molecule has 0 radical (unpaired) electrons. The maximum absolute atomic E-state index is 13.1. The first kappa shape index (κ1) is 23.3. The van der Waals surface area contributed by atoms with Gasteiger partial charge in [0.15, 0.2) is 5.60 Å². The summed E-state index contributed by atoms with van der Waals surface area (Å²) in [5, 5.41) is 5.77. The standard InChI is InChI=1S/C25H31N3O4/c1-15-10-16(2)12-18(11-15)26-21(29)14-28-19-13-17(22(30)27-24(3,4)5)8-9-20(19)32-25(6,7)23(28)31/h8-13H,14H2,1-7H3,(H,26,29)(H,27,30). The van der Waals surface area contributed by atoms with Crippen molar-refractivity contribution in [2.45, 2.75) is 59.6 Å². The van der Waals surface area contributed by atoms with E-state index in [0.29, 0.717) is 22.7 Å². The van der Waals surface area contributed by atoms with Crippen molar-refractivity contribution in [3.8, 4) is 5.75 Å². The Kier molecular flexibility index (Phi) is 6.05. The number of benzene rings is 2. The van der Waals surface area contributed by atoms with Crippen LogP contribution in [0.4, 0.5) is 11.4 Å². The lowest BCUT2D eigenvalue weighted by Gasteiger charge is -2.38. The van der Waals surface area contributed by atoms with Crippen LogP contribution in [0.2, 0.25) is 0 Å². The van der Waals surface area contributed by atoms with Gasteiger partial charge in [0.05, 0.1) is 5.69 Å². The fourth-order valence-corrected chi connectivity index (χ4v) is 3.67. The summed E-state index contributed by atoms with van der Waals surface area (Å²) in [6.07, 6.45) is 0. The fraction of sp³-hybridized carbons (Fsp3) is 0.400. The zero-order valence-corrected chi connectivity index (χ0v) is 19.8. The lowest BCUT2D eigenvalue weighted by atomic mass is 10.0. The lowest BCUT2D eigenvalue weighted by molar-refractivity contribution is -0.133. The van der Waals surface area contributed by atoms with Crippen molar-refractivity contribution < 1.29 is 19.1 Å². The van der Waals surface area contributed by atoms with E-state index in [9.17, 15) is 14.4 Å². The summed E-state index contributed by atoms with van der Waals surface area (Å²) < 4.78 is 5.87. The first-order valence-electron chi connectivity index (χ1n) is 10.6. The van der Waals surface area contributed by atoms with Gasteiger partial charge in [-0.3, -0.25) is 19.3 Å². The van der Waals surface area contributed by atoms with Crippen molar-refractivity contribution in [2.75, 3.05) is 16.8 Å². The molecule has 7 nitrogen and oxygen atoms in total. The molecular formula is C25H31N3O4. The summed E-state index contributed by atoms with van der Waals surface area (Å²) in [5.41, 5.74) is 1.97. The Labute approximate surface area is 189 Å². The molecule has 1 aliphatic heterocycles. The summed E-state index contributed by atoms with van der Waals surface area (Å²) in [4.78, 5) is 40.0. The van der Waals surface area contributed by atoms with Gasteiger partial charge in [-0.05, 0) is 89.9 Å². The van der Waals surface area contributed by atoms with E-state index >= 15 is 0 Å².